The molecule has 0 aliphatic carbocycles. The summed E-state index contributed by atoms with van der Waals surface area (Å²) in [5, 5.41) is 6.72. The van der Waals surface area contributed by atoms with Crippen molar-refractivity contribution in [2.24, 2.45) is 0 Å². The first-order valence-electron chi connectivity index (χ1n) is 6.60. The third-order valence-electron chi connectivity index (χ3n) is 3.09. The van der Waals surface area contributed by atoms with Crippen molar-refractivity contribution in [3.63, 3.8) is 0 Å². The summed E-state index contributed by atoms with van der Waals surface area (Å²) >= 11 is 9.54. The van der Waals surface area contributed by atoms with Gasteiger partial charge in [-0.1, -0.05) is 41.9 Å². The standard InChI is InChI=1S/C16H16BrClN2O/c1-11(12-6-2-4-8-14(12)18)19-10-16(21)20-15-9-5-3-7-13(15)17/h2-9,11,19H,10H2,1H3,(H,20,21)/t11-/m0/s1. The first kappa shape index (κ1) is 16.0. The highest BCUT2D eigenvalue weighted by molar-refractivity contribution is 9.10. The van der Waals surface area contributed by atoms with Gasteiger partial charge < -0.3 is 10.6 Å². The molecule has 0 spiro atoms. The Morgan fingerprint density at radius 2 is 1.86 bits per heavy atom. The van der Waals surface area contributed by atoms with E-state index in [1.165, 1.54) is 0 Å². The van der Waals surface area contributed by atoms with Gasteiger partial charge in [0.2, 0.25) is 5.91 Å². The molecule has 0 saturated heterocycles. The molecule has 0 unspecified atom stereocenters. The van der Waals surface area contributed by atoms with Crippen LogP contribution in [0.1, 0.15) is 18.5 Å². The van der Waals surface area contributed by atoms with Crippen LogP contribution in [0, 0.1) is 0 Å². The maximum absolute atomic E-state index is 12.0. The van der Waals surface area contributed by atoms with Crippen LogP contribution >= 0.6 is 27.5 Å². The van der Waals surface area contributed by atoms with E-state index in [1.807, 2.05) is 55.5 Å². The van der Waals surface area contributed by atoms with Gasteiger partial charge in [-0.15, -0.1) is 0 Å². The van der Waals surface area contributed by atoms with Crippen LogP contribution in [0.4, 0.5) is 5.69 Å². The zero-order valence-electron chi connectivity index (χ0n) is 11.6. The maximum atomic E-state index is 12.0. The van der Waals surface area contributed by atoms with Crippen LogP contribution in [0.2, 0.25) is 5.02 Å². The number of nitrogens with one attached hydrogen (secondary N) is 2. The van der Waals surface area contributed by atoms with E-state index in [4.69, 9.17) is 11.6 Å². The van der Waals surface area contributed by atoms with Gasteiger partial charge in [0, 0.05) is 15.5 Å². The molecule has 0 heterocycles. The van der Waals surface area contributed by atoms with Crippen LogP contribution in [-0.4, -0.2) is 12.5 Å². The van der Waals surface area contributed by atoms with Crippen LogP contribution in [0.25, 0.3) is 0 Å². The number of para-hydroxylation sites is 1. The number of anilines is 1. The summed E-state index contributed by atoms with van der Waals surface area (Å²) in [4.78, 5) is 12.0. The number of carbonyl (C=O) groups is 1. The van der Waals surface area contributed by atoms with Gasteiger partial charge in [-0.05, 0) is 46.6 Å². The number of amides is 1. The van der Waals surface area contributed by atoms with Crippen molar-refractivity contribution in [2.75, 3.05) is 11.9 Å². The van der Waals surface area contributed by atoms with Gasteiger partial charge in [-0.2, -0.15) is 0 Å². The molecule has 110 valence electrons. The lowest BCUT2D eigenvalue weighted by atomic mass is 10.1. The average Bonchev–Trinajstić information content (AvgIpc) is 2.48. The van der Waals surface area contributed by atoms with E-state index in [-0.39, 0.29) is 18.5 Å². The molecule has 0 fully saturated rings. The Bertz CT molecular complexity index is 633. The molecule has 0 aliphatic rings. The predicted molar refractivity (Wildman–Crippen MR) is 90.6 cm³/mol. The molecule has 2 N–H and O–H groups in total. The van der Waals surface area contributed by atoms with Crippen molar-refractivity contribution in [2.45, 2.75) is 13.0 Å². The number of hydrogen-bond donors (Lipinski definition) is 2. The summed E-state index contributed by atoms with van der Waals surface area (Å²) in [6.07, 6.45) is 0. The van der Waals surface area contributed by atoms with Crippen molar-refractivity contribution in [1.29, 1.82) is 0 Å². The van der Waals surface area contributed by atoms with Crippen molar-refractivity contribution in [3.8, 4) is 0 Å². The molecule has 0 radical (unpaired) electrons. The summed E-state index contributed by atoms with van der Waals surface area (Å²) in [5.74, 6) is -0.0965. The molecule has 0 saturated carbocycles. The minimum absolute atomic E-state index is 0.00339. The van der Waals surface area contributed by atoms with Gasteiger partial charge >= 0.3 is 0 Å². The van der Waals surface area contributed by atoms with E-state index >= 15 is 0 Å². The number of halogens is 2. The molecule has 3 nitrogen and oxygen atoms in total. The minimum atomic E-state index is -0.0965. The fourth-order valence-electron chi connectivity index (χ4n) is 1.94. The maximum Gasteiger partial charge on any atom is 0.238 e. The second-order valence-electron chi connectivity index (χ2n) is 4.65. The van der Waals surface area contributed by atoms with Crippen LogP contribution < -0.4 is 10.6 Å². The Kier molecular flexibility index (Phi) is 5.79. The third-order valence-corrected chi connectivity index (χ3v) is 4.12. The van der Waals surface area contributed by atoms with Crippen LogP contribution in [0.5, 0.6) is 0 Å². The fourth-order valence-corrected chi connectivity index (χ4v) is 2.62. The Hall–Kier alpha value is -1.36. The van der Waals surface area contributed by atoms with Crippen molar-refractivity contribution >= 4 is 39.1 Å². The molecular formula is C16H16BrClN2O. The van der Waals surface area contributed by atoms with E-state index in [1.54, 1.807) is 0 Å². The lowest BCUT2D eigenvalue weighted by Crippen LogP contribution is -2.30. The Labute approximate surface area is 137 Å². The fraction of sp³-hybridized carbons (Fsp3) is 0.188. The third kappa shape index (κ3) is 4.56. The van der Waals surface area contributed by atoms with Crippen molar-refractivity contribution in [3.05, 3.63) is 63.6 Å². The largest absolute Gasteiger partial charge is 0.324 e. The van der Waals surface area contributed by atoms with E-state index in [9.17, 15) is 4.79 Å². The van der Waals surface area contributed by atoms with Gasteiger partial charge in [0.15, 0.2) is 0 Å². The number of carbonyl (C=O) groups excluding carboxylic acids is 1. The zero-order chi connectivity index (χ0) is 15.2. The monoisotopic (exact) mass is 366 g/mol. The molecular weight excluding hydrogens is 352 g/mol. The zero-order valence-corrected chi connectivity index (χ0v) is 13.9. The van der Waals surface area contributed by atoms with Gasteiger partial charge in [0.25, 0.3) is 0 Å². The average molecular weight is 368 g/mol. The molecule has 0 bridgehead atoms. The summed E-state index contributed by atoms with van der Waals surface area (Å²) < 4.78 is 0.859. The van der Waals surface area contributed by atoms with E-state index in [2.05, 4.69) is 26.6 Å². The highest BCUT2D eigenvalue weighted by Crippen LogP contribution is 2.22. The minimum Gasteiger partial charge on any atom is -0.324 e. The molecule has 1 atom stereocenters. The Morgan fingerprint density at radius 1 is 1.19 bits per heavy atom. The Balaban J connectivity index is 1.90. The van der Waals surface area contributed by atoms with Gasteiger partial charge in [0.1, 0.15) is 0 Å². The molecule has 2 aromatic rings. The molecule has 21 heavy (non-hydrogen) atoms. The van der Waals surface area contributed by atoms with Gasteiger partial charge in [0.05, 0.1) is 12.2 Å². The SMILES string of the molecule is C[C@H](NCC(=O)Nc1ccccc1Br)c1ccccc1Cl. The summed E-state index contributed by atoms with van der Waals surface area (Å²) in [5.41, 5.74) is 1.74. The molecule has 0 aliphatic heterocycles. The lowest BCUT2D eigenvalue weighted by Gasteiger charge is -2.15. The number of hydrogen-bond acceptors (Lipinski definition) is 2. The molecule has 1 amide bonds. The van der Waals surface area contributed by atoms with Gasteiger partial charge in [-0.3, -0.25) is 4.79 Å². The number of rotatable bonds is 5. The summed E-state index contributed by atoms with van der Waals surface area (Å²) in [6, 6.07) is 15.1. The van der Waals surface area contributed by atoms with E-state index < -0.39 is 0 Å². The highest BCUT2D eigenvalue weighted by Gasteiger charge is 2.11. The molecule has 0 aromatic heterocycles. The van der Waals surface area contributed by atoms with Crippen molar-refractivity contribution < 1.29 is 4.79 Å². The molecule has 2 aromatic carbocycles. The van der Waals surface area contributed by atoms with Crippen LogP contribution in [-0.2, 0) is 4.79 Å². The normalized spacial score (nSPS) is 12.0. The second-order valence-corrected chi connectivity index (χ2v) is 5.91. The predicted octanol–water partition coefficient (Wildman–Crippen LogP) is 4.39. The van der Waals surface area contributed by atoms with E-state index in [0.29, 0.717) is 5.02 Å². The van der Waals surface area contributed by atoms with Crippen molar-refractivity contribution in [1.82, 2.24) is 5.32 Å². The first-order valence-corrected chi connectivity index (χ1v) is 7.77. The van der Waals surface area contributed by atoms with Gasteiger partial charge in [-0.25, -0.2) is 0 Å². The Morgan fingerprint density at radius 3 is 2.57 bits per heavy atom. The highest BCUT2D eigenvalue weighted by atomic mass is 79.9. The smallest absolute Gasteiger partial charge is 0.238 e. The quantitative estimate of drug-likeness (QED) is 0.823. The second kappa shape index (κ2) is 7.59. The van der Waals surface area contributed by atoms with Crippen LogP contribution in [0.3, 0.4) is 0 Å². The van der Waals surface area contributed by atoms with Crippen LogP contribution in [0.15, 0.2) is 53.0 Å². The summed E-state index contributed by atoms with van der Waals surface area (Å²) in [7, 11) is 0. The lowest BCUT2D eigenvalue weighted by molar-refractivity contribution is -0.115. The van der Waals surface area contributed by atoms with E-state index in [0.717, 1.165) is 15.7 Å². The molecule has 2 rings (SSSR count). The number of benzene rings is 2. The topological polar surface area (TPSA) is 41.1 Å². The summed E-state index contributed by atoms with van der Waals surface area (Å²) in [6.45, 7) is 2.20. The molecule has 5 heteroatoms. The first-order chi connectivity index (χ1) is 10.1.